The second-order valence-electron chi connectivity index (χ2n) is 3.48. The summed E-state index contributed by atoms with van der Waals surface area (Å²) in [6, 6.07) is 9.82. The summed E-state index contributed by atoms with van der Waals surface area (Å²) >= 11 is 0. The molecule has 1 aromatic carbocycles. The molecular weight excluding hydrogens is 162 g/mol. The molecule has 0 spiro atoms. The summed E-state index contributed by atoms with van der Waals surface area (Å²) in [5.41, 5.74) is 1.85. The molecule has 0 radical (unpaired) electrons. The van der Waals surface area contributed by atoms with Crippen LogP contribution in [-0.2, 0) is 0 Å². The van der Waals surface area contributed by atoms with E-state index in [4.69, 9.17) is 10.4 Å². The standard InChI is InChI=1S/C11H11NO/c12-6-8-3-1-2-4-10(8)11-5-9(11)7-13/h1-4,9,11,13H,5,7H2/t9-,11+/m0/s1. The lowest BCUT2D eigenvalue weighted by Gasteiger charge is -2.00. The third-order valence-corrected chi connectivity index (χ3v) is 2.64. The maximum Gasteiger partial charge on any atom is 0.0994 e. The quantitative estimate of drug-likeness (QED) is 0.739. The predicted octanol–water partition coefficient (Wildman–Crippen LogP) is 1.65. The van der Waals surface area contributed by atoms with Crippen LogP contribution in [0.3, 0.4) is 0 Å². The lowest BCUT2D eigenvalue weighted by Crippen LogP contribution is -1.91. The highest BCUT2D eigenvalue weighted by Gasteiger charge is 2.38. The van der Waals surface area contributed by atoms with Gasteiger partial charge in [-0.25, -0.2) is 0 Å². The summed E-state index contributed by atoms with van der Waals surface area (Å²) in [5, 5.41) is 17.8. The van der Waals surface area contributed by atoms with Crippen LogP contribution >= 0.6 is 0 Å². The number of aliphatic hydroxyl groups is 1. The number of benzene rings is 1. The number of rotatable bonds is 2. The van der Waals surface area contributed by atoms with Crippen molar-refractivity contribution < 1.29 is 5.11 Å². The highest BCUT2D eigenvalue weighted by Crippen LogP contribution is 2.47. The summed E-state index contributed by atoms with van der Waals surface area (Å²) in [4.78, 5) is 0. The molecule has 0 aliphatic heterocycles. The summed E-state index contributed by atoms with van der Waals surface area (Å²) in [7, 11) is 0. The fourth-order valence-electron chi connectivity index (χ4n) is 1.75. The van der Waals surface area contributed by atoms with Crippen molar-refractivity contribution in [3.63, 3.8) is 0 Å². The molecule has 1 aromatic rings. The minimum Gasteiger partial charge on any atom is -0.396 e. The monoisotopic (exact) mass is 173 g/mol. The van der Waals surface area contributed by atoms with Crippen molar-refractivity contribution in [3.8, 4) is 6.07 Å². The maximum atomic E-state index is 8.92. The Hall–Kier alpha value is -1.33. The fraction of sp³-hybridized carbons (Fsp3) is 0.364. The Bertz CT molecular complexity index is 353. The Morgan fingerprint density at radius 1 is 1.46 bits per heavy atom. The van der Waals surface area contributed by atoms with Gasteiger partial charge in [0.2, 0.25) is 0 Å². The molecule has 2 rings (SSSR count). The van der Waals surface area contributed by atoms with E-state index in [2.05, 4.69) is 6.07 Å². The third-order valence-electron chi connectivity index (χ3n) is 2.64. The molecule has 2 heteroatoms. The Labute approximate surface area is 77.4 Å². The van der Waals surface area contributed by atoms with Gasteiger partial charge in [-0.3, -0.25) is 0 Å². The molecule has 1 aliphatic rings. The molecule has 0 heterocycles. The van der Waals surface area contributed by atoms with Gasteiger partial charge in [0.25, 0.3) is 0 Å². The SMILES string of the molecule is N#Cc1ccccc1[C@@H]1C[C@H]1CO. The van der Waals surface area contributed by atoms with Crippen LogP contribution in [0, 0.1) is 17.2 Å². The predicted molar refractivity (Wildman–Crippen MR) is 49.1 cm³/mol. The topological polar surface area (TPSA) is 44.0 Å². The lowest BCUT2D eigenvalue weighted by molar-refractivity contribution is 0.274. The number of hydrogen-bond donors (Lipinski definition) is 1. The van der Waals surface area contributed by atoms with Gasteiger partial charge in [-0.1, -0.05) is 18.2 Å². The number of hydrogen-bond acceptors (Lipinski definition) is 2. The molecule has 1 fully saturated rings. The van der Waals surface area contributed by atoms with Gasteiger partial charge < -0.3 is 5.11 Å². The number of aliphatic hydroxyl groups excluding tert-OH is 1. The Morgan fingerprint density at radius 2 is 2.23 bits per heavy atom. The van der Waals surface area contributed by atoms with Gasteiger partial charge in [0.05, 0.1) is 11.6 Å². The zero-order valence-electron chi connectivity index (χ0n) is 7.27. The first-order valence-electron chi connectivity index (χ1n) is 4.46. The molecule has 66 valence electrons. The fourth-order valence-corrected chi connectivity index (χ4v) is 1.75. The van der Waals surface area contributed by atoms with Crippen molar-refractivity contribution in [2.75, 3.05) is 6.61 Å². The van der Waals surface area contributed by atoms with E-state index in [0.717, 1.165) is 17.5 Å². The van der Waals surface area contributed by atoms with Gasteiger partial charge in [-0.05, 0) is 29.9 Å². The van der Waals surface area contributed by atoms with Crippen LogP contribution < -0.4 is 0 Å². The Morgan fingerprint density at radius 3 is 2.85 bits per heavy atom. The molecule has 0 saturated heterocycles. The molecular formula is C11H11NO. The molecule has 1 N–H and O–H groups in total. The Balaban J connectivity index is 2.27. The second kappa shape index (κ2) is 3.20. The van der Waals surface area contributed by atoms with E-state index < -0.39 is 0 Å². The van der Waals surface area contributed by atoms with Crippen LogP contribution in [0.4, 0.5) is 0 Å². The highest BCUT2D eigenvalue weighted by atomic mass is 16.3. The van der Waals surface area contributed by atoms with E-state index in [1.165, 1.54) is 0 Å². The van der Waals surface area contributed by atoms with Crippen LogP contribution in [0.1, 0.15) is 23.5 Å². The average Bonchev–Trinajstić information content (AvgIpc) is 2.96. The van der Waals surface area contributed by atoms with Gasteiger partial charge in [-0.2, -0.15) is 5.26 Å². The third kappa shape index (κ3) is 1.43. The normalized spacial score (nSPS) is 25.2. The summed E-state index contributed by atoms with van der Waals surface area (Å²) in [6.45, 7) is 0.241. The van der Waals surface area contributed by atoms with E-state index in [1.807, 2.05) is 24.3 Å². The first-order chi connectivity index (χ1) is 6.36. The van der Waals surface area contributed by atoms with Gasteiger partial charge in [0.1, 0.15) is 0 Å². The molecule has 13 heavy (non-hydrogen) atoms. The average molecular weight is 173 g/mol. The Kier molecular flexibility index (Phi) is 2.03. The van der Waals surface area contributed by atoms with Crippen LogP contribution in [0.2, 0.25) is 0 Å². The smallest absolute Gasteiger partial charge is 0.0994 e. The lowest BCUT2D eigenvalue weighted by atomic mass is 10.0. The van der Waals surface area contributed by atoms with E-state index >= 15 is 0 Å². The highest BCUT2D eigenvalue weighted by molar-refractivity contribution is 5.42. The van der Waals surface area contributed by atoms with Crippen molar-refractivity contribution in [2.45, 2.75) is 12.3 Å². The summed E-state index contributed by atoms with van der Waals surface area (Å²) in [5.74, 6) is 0.801. The van der Waals surface area contributed by atoms with Crippen molar-refractivity contribution in [3.05, 3.63) is 35.4 Å². The molecule has 0 amide bonds. The van der Waals surface area contributed by atoms with Gasteiger partial charge >= 0.3 is 0 Å². The van der Waals surface area contributed by atoms with Gasteiger partial charge in [-0.15, -0.1) is 0 Å². The zero-order valence-corrected chi connectivity index (χ0v) is 7.27. The molecule has 1 aliphatic carbocycles. The van der Waals surface area contributed by atoms with E-state index in [0.29, 0.717) is 11.8 Å². The molecule has 1 saturated carbocycles. The number of nitriles is 1. The first-order valence-corrected chi connectivity index (χ1v) is 4.46. The van der Waals surface area contributed by atoms with Crippen molar-refractivity contribution >= 4 is 0 Å². The number of nitrogens with zero attached hydrogens (tertiary/aromatic N) is 1. The van der Waals surface area contributed by atoms with Crippen LogP contribution in [0.25, 0.3) is 0 Å². The molecule has 2 atom stereocenters. The van der Waals surface area contributed by atoms with Crippen molar-refractivity contribution in [1.82, 2.24) is 0 Å². The van der Waals surface area contributed by atoms with E-state index in [1.54, 1.807) is 0 Å². The van der Waals surface area contributed by atoms with Gasteiger partial charge in [0.15, 0.2) is 0 Å². The minimum absolute atomic E-state index is 0.241. The summed E-state index contributed by atoms with van der Waals surface area (Å²) in [6.07, 6.45) is 1.02. The molecule has 0 unspecified atom stereocenters. The minimum atomic E-state index is 0.241. The molecule has 0 bridgehead atoms. The van der Waals surface area contributed by atoms with Gasteiger partial charge in [0, 0.05) is 6.61 Å². The largest absolute Gasteiger partial charge is 0.396 e. The molecule has 2 nitrogen and oxygen atoms in total. The van der Waals surface area contributed by atoms with Crippen molar-refractivity contribution in [1.29, 1.82) is 5.26 Å². The van der Waals surface area contributed by atoms with Crippen molar-refractivity contribution in [2.24, 2.45) is 5.92 Å². The van der Waals surface area contributed by atoms with Crippen LogP contribution in [-0.4, -0.2) is 11.7 Å². The first kappa shape index (κ1) is 8.28. The molecule has 0 aromatic heterocycles. The van der Waals surface area contributed by atoms with Crippen LogP contribution in [0.15, 0.2) is 24.3 Å². The summed E-state index contributed by atoms with van der Waals surface area (Å²) < 4.78 is 0. The second-order valence-corrected chi connectivity index (χ2v) is 3.48. The van der Waals surface area contributed by atoms with E-state index in [-0.39, 0.29) is 6.61 Å². The maximum absolute atomic E-state index is 8.92. The van der Waals surface area contributed by atoms with E-state index in [9.17, 15) is 0 Å². The van der Waals surface area contributed by atoms with Crippen LogP contribution in [0.5, 0.6) is 0 Å². The zero-order chi connectivity index (χ0) is 9.26.